The topological polar surface area (TPSA) is 229 Å². The van der Waals surface area contributed by atoms with E-state index in [-0.39, 0.29) is 36.7 Å². The molecule has 0 amide bonds. The van der Waals surface area contributed by atoms with E-state index < -0.39 is 76.1 Å². The minimum absolute atomic E-state index is 0. The number of benzene rings is 1. The van der Waals surface area contributed by atoms with E-state index in [1.165, 1.54) is 12.1 Å². The van der Waals surface area contributed by atoms with Gasteiger partial charge in [0, 0.05) is 18.1 Å². The van der Waals surface area contributed by atoms with Crippen molar-refractivity contribution in [2.75, 3.05) is 6.61 Å². The minimum Gasteiger partial charge on any atom is -0.857 e. The van der Waals surface area contributed by atoms with E-state index in [1.807, 2.05) is 0 Å². The molecule has 1 fully saturated rings. The molecule has 15 nitrogen and oxygen atoms in total. The Morgan fingerprint density at radius 2 is 1.83 bits per heavy atom. The van der Waals surface area contributed by atoms with Gasteiger partial charge in [-0.25, -0.2) is 24.0 Å². The number of hydrogen-bond acceptors (Lipinski definition) is 9. The number of aromatic nitrogens is 2. The van der Waals surface area contributed by atoms with Crippen LogP contribution in [-0.4, -0.2) is 64.7 Å². The maximum atomic E-state index is 13.4. The Balaban J connectivity index is 0.00000456. The Morgan fingerprint density at radius 1 is 1.17 bits per heavy atom. The summed E-state index contributed by atoms with van der Waals surface area (Å²) in [5.41, 5.74) is -2.69. The van der Waals surface area contributed by atoms with Crippen LogP contribution in [-0.2, 0) is 29.2 Å². The van der Waals surface area contributed by atoms with Crippen molar-refractivity contribution in [3.63, 3.8) is 0 Å². The Labute approximate surface area is 224 Å². The normalized spacial score (nSPS) is 23.6. The van der Waals surface area contributed by atoms with E-state index in [1.54, 1.807) is 0 Å². The Bertz CT molecular complexity index is 1330. The fraction of sp³-hybridized carbons (Fsp3) is 0.353. The van der Waals surface area contributed by atoms with Crippen LogP contribution in [0.5, 0.6) is 0 Å². The van der Waals surface area contributed by atoms with Gasteiger partial charge in [0.25, 0.3) is 5.56 Å². The van der Waals surface area contributed by atoms with Crippen LogP contribution in [0.2, 0.25) is 0 Å². The van der Waals surface area contributed by atoms with Gasteiger partial charge in [0.1, 0.15) is 18.3 Å². The summed E-state index contributed by atoms with van der Waals surface area (Å²) in [6.07, 6.45) is -5.96. The quantitative estimate of drug-likeness (QED) is 0.116. The van der Waals surface area contributed by atoms with Crippen molar-refractivity contribution in [2.45, 2.75) is 31.1 Å². The molecule has 1 saturated heterocycles. The number of ether oxygens (including phenoxy) is 1. The van der Waals surface area contributed by atoms with Crippen LogP contribution in [0, 0.1) is 43.0 Å². The van der Waals surface area contributed by atoms with Crippen molar-refractivity contribution in [2.24, 2.45) is 0 Å². The van der Waals surface area contributed by atoms with Crippen LogP contribution in [0.4, 0.5) is 4.39 Å². The van der Waals surface area contributed by atoms with Crippen molar-refractivity contribution < 1.29 is 83.1 Å². The summed E-state index contributed by atoms with van der Waals surface area (Å²) in [5, 5.41) is 30.7. The Morgan fingerprint density at radius 3 is 2.44 bits per heavy atom. The molecule has 3 rings (SSSR count). The largest absolute Gasteiger partial charge is 2.00 e. The molecular formula is C17H18FN3O12P2U. The number of phosphoric acid groups is 2. The van der Waals surface area contributed by atoms with Crippen molar-refractivity contribution in [3.05, 3.63) is 74.2 Å². The molecule has 1 aromatic heterocycles. The molecule has 5 N–H and O–H groups in total. The van der Waals surface area contributed by atoms with Gasteiger partial charge in [0.15, 0.2) is 6.23 Å². The van der Waals surface area contributed by atoms with E-state index in [2.05, 4.69) is 14.9 Å². The molecule has 0 saturated carbocycles. The zero-order chi connectivity index (χ0) is 26.1. The van der Waals surface area contributed by atoms with Crippen molar-refractivity contribution in [1.82, 2.24) is 9.13 Å². The van der Waals surface area contributed by atoms with Gasteiger partial charge < -0.3 is 35.0 Å². The number of rotatable bonds is 9. The summed E-state index contributed by atoms with van der Waals surface area (Å²) in [6.45, 7) is -1.70. The smallest absolute Gasteiger partial charge is 0.857 e. The molecule has 194 valence electrons. The number of phosphoric ester groups is 1. The predicted octanol–water partition coefficient (Wildman–Crippen LogP) is -1.15. The van der Waals surface area contributed by atoms with Crippen LogP contribution < -0.4 is 11.2 Å². The molecule has 1 aliphatic heterocycles. The second-order valence-corrected chi connectivity index (χ2v) is 10.0. The standard InChI is InChI=1S/C17H18FN3O12P2.U/c18-10-3-1-2-9(6-10)11(19)7-21-13(22)4-5-20(17(21)25)16-15(24)14(23)12(32-16)8-31-35(29,30)33-34(26,27)28;/h1-5,12,14-16,23-24H,7-8H2,(H,29,30)(H2,26,27,28);/q-2;+2/t12-,14+,15?,16-;/m1./s1. The van der Waals surface area contributed by atoms with Gasteiger partial charge in [-0.05, 0) is 6.54 Å². The summed E-state index contributed by atoms with van der Waals surface area (Å²) in [5.74, 6) is -0.796. The van der Waals surface area contributed by atoms with Gasteiger partial charge in [-0.15, -0.1) is 24.3 Å². The Hall–Kier alpha value is -1.31. The first-order chi connectivity index (χ1) is 16.2. The van der Waals surface area contributed by atoms with E-state index in [4.69, 9.17) is 14.5 Å². The van der Waals surface area contributed by atoms with E-state index in [9.17, 15) is 43.6 Å². The number of nitrogens with zero attached hydrogens (tertiary/aromatic N) is 3. The molecule has 0 spiro atoms. The molecule has 1 aromatic carbocycles. The molecule has 2 aromatic rings. The molecule has 1 aliphatic rings. The predicted molar refractivity (Wildman–Crippen MR) is 112 cm³/mol. The van der Waals surface area contributed by atoms with Gasteiger partial charge in [-0.1, -0.05) is 0 Å². The molecule has 2 heterocycles. The SMILES string of the molecule is [N-]=C(Cn1c(=O)ccn([C@@H]2O[C@H](COP(=O)(O)OP(=O)(O)O)[C@H](O)C2O)c1=O)c1[c-]c(F)ccc1.[U+2]. The maximum absolute atomic E-state index is 13.4. The fourth-order valence-electron chi connectivity index (χ4n) is 3.14. The van der Waals surface area contributed by atoms with Gasteiger partial charge in [0.05, 0.1) is 6.61 Å². The summed E-state index contributed by atoms with van der Waals surface area (Å²) in [7, 11) is -10.7. The van der Waals surface area contributed by atoms with Gasteiger partial charge in [0.2, 0.25) is 0 Å². The molecule has 0 radical (unpaired) electrons. The average molecular weight is 775 g/mol. The molecular weight excluding hydrogens is 757 g/mol. The van der Waals surface area contributed by atoms with Crippen molar-refractivity contribution in [3.8, 4) is 0 Å². The number of halogens is 1. The molecule has 0 bridgehead atoms. The minimum atomic E-state index is -5.40. The third kappa shape index (κ3) is 7.61. The maximum Gasteiger partial charge on any atom is 2.00 e. The monoisotopic (exact) mass is 775 g/mol. The van der Waals surface area contributed by atoms with Crippen LogP contribution in [0.3, 0.4) is 0 Å². The third-order valence-corrected chi connectivity index (χ3v) is 6.85. The van der Waals surface area contributed by atoms with E-state index in [0.29, 0.717) is 9.13 Å². The fourth-order valence-corrected chi connectivity index (χ4v) is 4.74. The van der Waals surface area contributed by atoms with E-state index in [0.717, 1.165) is 18.3 Å². The number of aliphatic hydroxyl groups excluding tert-OH is 2. The summed E-state index contributed by atoms with van der Waals surface area (Å²) in [6, 6.07) is 6.70. The van der Waals surface area contributed by atoms with Gasteiger partial charge >= 0.3 is 52.4 Å². The molecule has 36 heavy (non-hydrogen) atoms. The molecule has 0 aliphatic carbocycles. The van der Waals surface area contributed by atoms with Crippen LogP contribution in [0.1, 0.15) is 11.8 Å². The zero-order valence-electron chi connectivity index (χ0n) is 17.8. The molecule has 5 atom stereocenters. The second-order valence-electron chi connectivity index (χ2n) is 7.17. The number of aliphatic hydroxyl groups is 2. The Kier molecular flexibility index (Phi) is 10.3. The van der Waals surface area contributed by atoms with Gasteiger partial charge in [-0.3, -0.25) is 18.5 Å². The molecule has 2 unspecified atom stereocenters. The average Bonchev–Trinajstić information content (AvgIpc) is 3.02. The number of hydrogen-bond donors (Lipinski definition) is 5. The van der Waals surface area contributed by atoms with Crippen LogP contribution in [0.25, 0.3) is 5.41 Å². The first-order valence-corrected chi connectivity index (χ1v) is 12.5. The van der Waals surface area contributed by atoms with E-state index >= 15 is 0 Å². The summed E-state index contributed by atoms with van der Waals surface area (Å²) >= 11 is 0. The van der Waals surface area contributed by atoms with Crippen LogP contribution >= 0.6 is 15.6 Å². The second kappa shape index (κ2) is 12.0. The molecule has 19 heteroatoms. The van der Waals surface area contributed by atoms with Crippen LogP contribution in [0.15, 0.2) is 40.1 Å². The van der Waals surface area contributed by atoms with Crippen molar-refractivity contribution >= 4 is 21.4 Å². The van der Waals surface area contributed by atoms with Gasteiger partial charge in [-0.2, -0.15) is 9.87 Å². The first kappa shape index (κ1) is 30.9. The summed E-state index contributed by atoms with van der Waals surface area (Å²) < 4.78 is 50.1. The zero-order valence-corrected chi connectivity index (χ0v) is 23.8. The first-order valence-electron chi connectivity index (χ1n) is 9.49. The third-order valence-electron chi connectivity index (χ3n) is 4.70. The summed E-state index contributed by atoms with van der Waals surface area (Å²) in [4.78, 5) is 51.6. The van der Waals surface area contributed by atoms with Crippen molar-refractivity contribution in [1.29, 1.82) is 0 Å².